The second-order valence-electron chi connectivity index (χ2n) is 5.86. The number of methoxy groups -OCH3 is 1. The lowest BCUT2D eigenvalue weighted by molar-refractivity contribution is -0.119. The summed E-state index contributed by atoms with van der Waals surface area (Å²) in [5, 5.41) is 5.74. The predicted octanol–water partition coefficient (Wildman–Crippen LogP) is 4.41. The van der Waals surface area contributed by atoms with E-state index in [-0.39, 0.29) is 23.5 Å². The number of benzene rings is 2. The van der Waals surface area contributed by atoms with E-state index < -0.39 is 0 Å². The molecule has 2 aromatic rings. The number of carbonyl (C=O) groups excluding carboxylic acids is 2. The van der Waals surface area contributed by atoms with Gasteiger partial charge < -0.3 is 15.4 Å². The molecule has 0 fully saturated rings. The zero-order valence-electron chi connectivity index (χ0n) is 15.2. The molecule has 138 valence electrons. The number of para-hydroxylation sites is 2. The molecule has 26 heavy (non-hydrogen) atoms. The fourth-order valence-electron chi connectivity index (χ4n) is 2.17. The van der Waals surface area contributed by atoms with Crippen LogP contribution in [0.25, 0.3) is 0 Å². The quantitative estimate of drug-likeness (QED) is 0.674. The van der Waals surface area contributed by atoms with Crippen molar-refractivity contribution in [1.82, 2.24) is 0 Å². The number of hydrogen-bond donors (Lipinski definition) is 2. The molecule has 0 radical (unpaired) electrons. The highest BCUT2D eigenvalue weighted by Crippen LogP contribution is 2.25. The molecule has 0 aliphatic carbocycles. The third kappa shape index (κ3) is 5.81. The SMILES string of the molecule is CCC(C)C(=O)Nc1ccccc1NC(=O)CSc1cccc(OC)c1. The maximum absolute atomic E-state index is 12.3. The molecule has 2 aromatic carbocycles. The predicted molar refractivity (Wildman–Crippen MR) is 107 cm³/mol. The summed E-state index contributed by atoms with van der Waals surface area (Å²) in [5.74, 6) is 0.750. The molecule has 0 heterocycles. The van der Waals surface area contributed by atoms with Crippen LogP contribution in [0.2, 0.25) is 0 Å². The van der Waals surface area contributed by atoms with Gasteiger partial charge in [-0.15, -0.1) is 11.8 Å². The summed E-state index contributed by atoms with van der Waals surface area (Å²) in [6.07, 6.45) is 0.761. The molecule has 2 N–H and O–H groups in total. The summed E-state index contributed by atoms with van der Waals surface area (Å²) in [5.41, 5.74) is 1.21. The molecular formula is C20H24N2O3S. The average molecular weight is 372 g/mol. The maximum atomic E-state index is 12.3. The molecule has 5 nitrogen and oxygen atoms in total. The highest BCUT2D eigenvalue weighted by molar-refractivity contribution is 8.00. The summed E-state index contributed by atoms with van der Waals surface area (Å²) in [6.45, 7) is 3.84. The Morgan fingerprint density at radius 1 is 1.08 bits per heavy atom. The normalized spacial score (nSPS) is 11.5. The van der Waals surface area contributed by atoms with Crippen LogP contribution >= 0.6 is 11.8 Å². The van der Waals surface area contributed by atoms with Crippen LogP contribution in [0.4, 0.5) is 11.4 Å². The average Bonchev–Trinajstić information content (AvgIpc) is 2.67. The largest absolute Gasteiger partial charge is 0.497 e. The molecule has 0 aliphatic rings. The van der Waals surface area contributed by atoms with E-state index >= 15 is 0 Å². The Bertz CT molecular complexity index is 764. The summed E-state index contributed by atoms with van der Waals surface area (Å²) in [7, 11) is 1.61. The van der Waals surface area contributed by atoms with Crippen LogP contribution in [0.5, 0.6) is 5.75 Å². The van der Waals surface area contributed by atoms with Crippen molar-refractivity contribution in [1.29, 1.82) is 0 Å². The molecule has 0 aliphatic heterocycles. The van der Waals surface area contributed by atoms with Gasteiger partial charge in [-0.2, -0.15) is 0 Å². The van der Waals surface area contributed by atoms with Gasteiger partial charge in [-0.3, -0.25) is 9.59 Å². The smallest absolute Gasteiger partial charge is 0.234 e. The fourth-order valence-corrected chi connectivity index (χ4v) is 2.91. The van der Waals surface area contributed by atoms with Crippen LogP contribution in [0.3, 0.4) is 0 Å². The number of nitrogens with one attached hydrogen (secondary N) is 2. The van der Waals surface area contributed by atoms with Gasteiger partial charge in [0.25, 0.3) is 0 Å². The van der Waals surface area contributed by atoms with Crippen LogP contribution in [0.1, 0.15) is 20.3 Å². The van der Waals surface area contributed by atoms with Gasteiger partial charge in [-0.05, 0) is 36.8 Å². The molecule has 2 amide bonds. The van der Waals surface area contributed by atoms with Crippen molar-refractivity contribution in [3.8, 4) is 5.75 Å². The van der Waals surface area contributed by atoms with Crippen molar-refractivity contribution in [3.63, 3.8) is 0 Å². The topological polar surface area (TPSA) is 67.4 Å². The van der Waals surface area contributed by atoms with Crippen LogP contribution in [0, 0.1) is 5.92 Å². The second-order valence-corrected chi connectivity index (χ2v) is 6.91. The molecule has 0 bridgehead atoms. The van der Waals surface area contributed by atoms with E-state index in [0.717, 1.165) is 17.1 Å². The Balaban J connectivity index is 1.97. The van der Waals surface area contributed by atoms with E-state index in [1.165, 1.54) is 11.8 Å². The highest BCUT2D eigenvalue weighted by Gasteiger charge is 2.13. The number of rotatable bonds is 8. The number of amides is 2. The molecule has 2 rings (SSSR count). The van der Waals surface area contributed by atoms with Crippen LogP contribution in [-0.2, 0) is 9.59 Å². The van der Waals surface area contributed by atoms with E-state index in [9.17, 15) is 9.59 Å². The van der Waals surface area contributed by atoms with Gasteiger partial charge in [-0.1, -0.05) is 32.0 Å². The van der Waals surface area contributed by atoms with Crippen molar-refractivity contribution < 1.29 is 14.3 Å². The third-order valence-corrected chi connectivity index (χ3v) is 4.92. The molecule has 0 saturated heterocycles. The number of anilines is 2. The number of thioether (sulfide) groups is 1. The van der Waals surface area contributed by atoms with Crippen molar-refractivity contribution in [2.75, 3.05) is 23.5 Å². The van der Waals surface area contributed by atoms with E-state index in [2.05, 4.69) is 10.6 Å². The molecule has 1 atom stereocenters. The zero-order chi connectivity index (χ0) is 18.9. The Morgan fingerprint density at radius 2 is 1.77 bits per heavy atom. The fraction of sp³-hybridized carbons (Fsp3) is 0.300. The lowest BCUT2D eigenvalue weighted by Gasteiger charge is -2.14. The first-order valence-corrected chi connectivity index (χ1v) is 9.48. The van der Waals surface area contributed by atoms with E-state index in [1.54, 1.807) is 19.2 Å². The van der Waals surface area contributed by atoms with Gasteiger partial charge in [-0.25, -0.2) is 0 Å². The Labute approximate surface area is 158 Å². The van der Waals surface area contributed by atoms with Crippen molar-refractivity contribution >= 4 is 35.0 Å². The van der Waals surface area contributed by atoms with Crippen molar-refractivity contribution in [2.24, 2.45) is 5.92 Å². The minimum Gasteiger partial charge on any atom is -0.497 e. The first-order valence-electron chi connectivity index (χ1n) is 8.50. The molecule has 0 saturated carbocycles. The summed E-state index contributed by atoms with van der Waals surface area (Å²) in [6, 6.07) is 14.8. The molecule has 0 spiro atoms. The van der Waals surface area contributed by atoms with Gasteiger partial charge in [0.05, 0.1) is 24.2 Å². The van der Waals surface area contributed by atoms with Gasteiger partial charge in [0, 0.05) is 10.8 Å². The summed E-state index contributed by atoms with van der Waals surface area (Å²) < 4.78 is 5.18. The first-order chi connectivity index (χ1) is 12.5. The highest BCUT2D eigenvalue weighted by atomic mass is 32.2. The van der Waals surface area contributed by atoms with Gasteiger partial charge >= 0.3 is 0 Å². The Hall–Kier alpha value is -2.47. The first kappa shape index (κ1) is 19.8. The zero-order valence-corrected chi connectivity index (χ0v) is 16.1. The third-order valence-electron chi connectivity index (χ3n) is 3.93. The number of carbonyl (C=O) groups is 2. The van der Waals surface area contributed by atoms with E-state index in [4.69, 9.17) is 4.74 Å². The minimum atomic E-state index is -0.136. The summed E-state index contributed by atoms with van der Waals surface area (Å²) >= 11 is 1.43. The maximum Gasteiger partial charge on any atom is 0.234 e. The molecule has 0 aromatic heterocycles. The minimum absolute atomic E-state index is 0.0556. The summed E-state index contributed by atoms with van der Waals surface area (Å²) in [4.78, 5) is 25.4. The Kier molecular flexibility index (Phi) is 7.53. The number of hydrogen-bond acceptors (Lipinski definition) is 4. The Morgan fingerprint density at radius 3 is 2.42 bits per heavy atom. The monoisotopic (exact) mass is 372 g/mol. The lowest BCUT2D eigenvalue weighted by Crippen LogP contribution is -2.21. The molecule has 1 unspecified atom stereocenters. The number of ether oxygens (including phenoxy) is 1. The standard InChI is InChI=1S/C20H24N2O3S/c1-4-14(2)20(24)22-18-11-6-5-10-17(18)21-19(23)13-26-16-9-7-8-15(12-16)25-3/h5-12,14H,4,13H2,1-3H3,(H,21,23)(H,22,24). The molecular weight excluding hydrogens is 348 g/mol. The van der Waals surface area contributed by atoms with Crippen molar-refractivity contribution in [3.05, 3.63) is 48.5 Å². The van der Waals surface area contributed by atoms with E-state index in [0.29, 0.717) is 11.4 Å². The lowest BCUT2D eigenvalue weighted by atomic mass is 10.1. The van der Waals surface area contributed by atoms with Gasteiger partial charge in [0.15, 0.2) is 0 Å². The molecule has 6 heteroatoms. The van der Waals surface area contributed by atoms with Crippen LogP contribution < -0.4 is 15.4 Å². The second kappa shape index (κ2) is 9.87. The van der Waals surface area contributed by atoms with Crippen molar-refractivity contribution in [2.45, 2.75) is 25.2 Å². The van der Waals surface area contributed by atoms with Crippen LogP contribution in [0.15, 0.2) is 53.4 Å². The van der Waals surface area contributed by atoms with Gasteiger partial charge in [0.2, 0.25) is 11.8 Å². The van der Waals surface area contributed by atoms with Crippen LogP contribution in [-0.4, -0.2) is 24.7 Å². The van der Waals surface area contributed by atoms with E-state index in [1.807, 2.05) is 50.2 Å². The van der Waals surface area contributed by atoms with Gasteiger partial charge in [0.1, 0.15) is 5.75 Å².